The molecule has 2 aromatic rings. The summed E-state index contributed by atoms with van der Waals surface area (Å²) in [6.07, 6.45) is 1.78. The Morgan fingerprint density at radius 2 is 2.08 bits per heavy atom. The number of carbonyl (C=O) groups is 3. The van der Waals surface area contributed by atoms with Crippen LogP contribution in [0.15, 0.2) is 18.2 Å². The molecule has 1 aromatic heterocycles. The number of thiophene rings is 1. The molecule has 2 N–H and O–H groups in total. The lowest BCUT2D eigenvalue weighted by Crippen LogP contribution is -2.42. The Kier molecular flexibility index (Phi) is 4.68. The van der Waals surface area contributed by atoms with E-state index < -0.39 is 30.3 Å². The summed E-state index contributed by atoms with van der Waals surface area (Å²) in [5.74, 6) is -1.99. The maximum absolute atomic E-state index is 13.2. The Morgan fingerprint density at radius 3 is 2.79 bits per heavy atom. The van der Waals surface area contributed by atoms with Gasteiger partial charge in [0.25, 0.3) is 5.91 Å². The molecule has 0 radical (unpaired) electrons. The van der Waals surface area contributed by atoms with E-state index in [1.54, 1.807) is 0 Å². The zero-order valence-electron chi connectivity index (χ0n) is 12.2. The second-order valence-electron chi connectivity index (χ2n) is 5.26. The first-order chi connectivity index (χ1) is 11.4. The van der Waals surface area contributed by atoms with Gasteiger partial charge < -0.3 is 10.1 Å². The lowest BCUT2D eigenvalue weighted by molar-refractivity contribution is -0.123. The number of hydrogen-bond donors (Lipinski definition) is 2. The molecule has 6 nitrogen and oxygen atoms in total. The van der Waals surface area contributed by atoms with Gasteiger partial charge >= 0.3 is 12.0 Å². The second kappa shape index (κ2) is 6.74. The van der Waals surface area contributed by atoms with Gasteiger partial charge in [0.1, 0.15) is 10.7 Å². The number of rotatable bonds is 4. The average molecular weight is 371 g/mol. The summed E-state index contributed by atoms with van der Waals surface area (Å²) < 4.78 is 18.6. The standard InChI is InChI=1S/C15H12ClFN2O4S/c16-12-9-4-1-7(17)5-10(9)24-13(12)14(21)23-6-11(20)19-15(22)18-8-2-3-8/h1,4-5,8H,2-3,6H2,(H2,18,19,20,22). The van der Waals surface area contributed by atoms with Gasteiger partial charge in [-0.2, -0.15) is 0 Å². The average Bonchev–Trinajstić information content (AvgIpc) is 3.27. The highest BCUT2D eigenvalue weighted by molar-refractivity contribution is 7.21. The summed E-state index contributed by atoms with van der Waals surface area (Å²) in [7, 11) is 0. The van der Waals surface area contributed by atoms with Crippen molar-refractivity contribution in [3.05, 3.63) is 33.9 Å². The maximum Gasteiger partial charge on any atom is 0.350 e. The van der Waals surface area contributed by atoms with Gasteiger partial charge in [0.15, 0.2) is 6.61 Å². The molecule has 1 aliphatic rings. The largest absolute Gasteiger partial charge is 0.451 e. The Morgan fingerprint density at radius 1 is 1.33 bits per heavy atom. The maximum atomic E-state index is 13.2. The molecule has 126 valence electrons. The number of ether oxygens (including phenoxy) is 1. The fourth-order valence-electron chi connectivity index (χ4n) is 1.98. The zero-order chi connectivity index (χ0) is 17.3. The predicted molar refractivity (Wildman–Crippen MR) is 86.8 cm³/mol. The highest BCUT2D eigenvalue weighted by Gasteiger charge is 2.24. The third-order valence-electron chi connectivity index (χ3n) is 3.28. The number of nitrogens with one attached hydrogen (secondary N) is 2. The van der Waals surface area contributed by atoms with Gasteiger partial charge in [0.2, 0.25) is 0 Å². The van der Waals surface area contributed by atoms with Crippen molar-refractivity contribution in [1.82, 2.24) is 10.6 Å². The summed E-state index contributed by atoms with van der Waals surface area (Å²) in [4.78, 5) is 35.1. The molecule has 1 heterocycles. The van der Waals surface area contributed by atoms with Crippen molar-refractivity contribution < 1.29 is 23.5 Å². The van der Waals surface area contributed by atoms with E-state index in [0.717, 1.165) is 24.2 Å². The summed E-state index contributed by atoms with van der Waals surface area (Å²) in [6, 6.07) is 3.46. The molecule has 1 fully saturated rings. The van der Waals surface area contributed by atoms with Crippen LogP contribution in [-0.2, 0) is 9.53 Å². The number of halogens is 2. The minimum atomic E-state index is -0.806. The Bertz CT molecular complexity index is 834. The van der Waals surface area contributed by atoms with Crippen LogP contribution in [0.4, 0.5) is 9.18 Å². The minimum absolute atomic E-state index is 0.0764. The van der Waals surface area contributed by atoms with E-state index >= 15 is 0 Å². The number of urea groups is 1. The second-order valence-corrected chi connectivity index (χ2v) is 6.69. The van der Waals surface area contributed by atoms with Crippen molar-refractivity contribution in [3.63, 3.8) is 0 Å². The molecule has 3 rings (SSSR count). The quantitative estimate of drug-likeness (QED) is 0.810. The molecule has 1 saturated carbocycles. The van der Waals surface area contributed by atoms with E-state index in [4.69, 9.17) is 16.3 Å². The summed E-state index contributed by atoms with van der Waals surface area (Å²) >= 11 is 7.06. The lowest BCUT2D eigenvalue weighted by Gasteiger charge is -2.06. The van der Waals surface area contributed by atoms with Crippen molar-refractivity contribution in [2.75, 3.05) is 6.61 Å². The van der Waals surface area contributed by atoms with Crippen LogP contribution in [0.3, 0.4) is 0 Å². The van der Waals surface area contributed by atoms with E-state index in [1.165, 1.54) is 18.2 Å². The SMILES string of the molecule is O=C(COC(=O)c1sc2cc(F)ccc2c1Cl)NC(=O)NC1CC1. The van der Waals surface area contributed by atoms with Crippen molar-refractivity contribution in [3.8, 4) is 0 Å². The number of imide groups is 1. The van der Waals surface area contributed by atoms with Gasteiger partial charge in [-0.1, -0.05) is 11.6 Å². The van der Waals surface area contributed by atoms with E-state index in [2.05, 4.69) is 10.6 Å². The van der Waals surface area contributed by atoms with Crippen LogP contribution in [0.2, 0.25) is 5.02 Å². The molecular formula is C15H12ClFN2O4S. The molecule has 0 atom stereocenters. The lowest BCUT2D eigenvalue weighted by atomic mass is 10.2. The normalized spacial score (nSPS) is 13.6. The van der Waals surface area contributed by atoms with E-state index in [1.807, 2.05) is 0 Å². The number of carbonyl (C=O) groups excluding carboxylic acids is 3. The first-order valence-electron chi connectivity index (χ1n) is 7.09. The smallest absolute Gasteiger partial charge is 0.350 e. The van der Waals surface area contributed by atoms with Crippen LogP contribution in [-0.4, -0.2) is 30.6 Å². The molecule has 1 aromatic carbocycles. The Labute approximate surface area is 144 Å². The number of hydrogen-bond acceptors (Lipinski definition) is 5. The van der Waals surface area contributed by atoms with Gasteiger partial charge in [-0.3, -0.25) is 10.1 Å². The van der Waals surface area contributed by atoms with Crippen molar-refractivity contribution >= 4 is 50.9 Å². The highest BCUT2D eigenvalue weighted by atomic mass is 35.5. The molecule has 1 aliphatic carbocycles. The van der Waals surface area contributed by atoms with Crippen molar-refractivity contribution in [2.45, 2.75) is 18.9 Å². The molecule has 0 bridgehead atoms. The third-order valence-corrected chi connectivity index (χ3v) is 4.91. The third kappa shape index (κ3) is 3.82. The van der Waals surface area contributed by atoms with Crippen LogP contribution in [0.1, 0.15) is 22.5 Å². The molecule has 3 amide bonds. The van der Waals surface area contributed by atoms with Gasteiger partial charge in [-0.05, 0) is 31.0 Å². The Hall–Kier alpha value is -2.19. The van der Waals surface area contributed by atoms with Gasteiger partial charge in [-0.15, -0.1) is 11.3 Å². The van der Waals surface area contributed by atoms with Crippen LogP contribution in [0.25, 0.3) is 10.1 Å². The van der Waals surface area contributed by atoms with E-state index in [9.17, 15) is 18.8 Å². The van der Waals surface area contributed by atoms with Gasteiger partial charge in [0, 0.05) is 16.1 Å². The molecule has 0 unspecified atom stereocenters. The van der Waals surface area contributed by atoms with Crippen molar-refractivity contribution in [1.29, 1.82) is 0 Å². The summed E-state index contributed by atoms with van der Waals surface area (Å²) in [5.41, 5.74) is 0. The molecular weight excluding hydrogens is 359 g/mol. The van der Waals surface area contributed by atoms with Crippen LogP contribution in [0, 0.1) is 5.82 Å². The number of benzene rings is 1. The monoisotopic (exact) mass is 370 g/mol. The zero-order valence-corrected chi connectivity index (χ0v) is 13.8. The van der Waals surface area contributed by atoms with E-state index in [-0.39, 0.29) is 15.9 Å². The summed E-state index contributed by atoms with van der Waals surface area (Å²) in [6.45, 7) is -0.615. The predicted octanol–water partition coefficient (Wildman–Crippen LogP) is 2.84. The van der Waals surface area contributed by atoms with Crippen LogP contribution < -0.4 is 10.6 Å². The molecule has 0 spiro atoms. The fourth-order valence-corrected chi connectivity index (χ4v) is 3.41. The number of esters is 1. The summed E-state index contributed by atoms with van der Waals surface area (Å²) in [5, 5.41) is 5.31. The van der Waals surface area contributed by atoms with Gasteiger partial charge in [-0.25, -0.2) is 14.0 Å². The van der Waals surface area contributed by atoms with E-state index in [0.29, 0.717) is 10.1 Å². The number of amides is 3. The molecule has 0 saturated heterocycles. The highest BCUT2D eigenvalue weighted by Crippen LogP contribution is 2.36. The fraction of sp³-hybridized carbons (Fsp3) is 0.267. The Balaban J connectivity index is 1.59. The first kappa shape index (κ1) is 16.7. The molecule has 0 aliphatic heterocycles. The minimum Gasteiger partial charge on any atom is -0.451 e. The topological polar surface area (TPSA) is 84.5 Å². The first-order valence-corrected chi connectivity index (χ1v) is 8.28. The van der Waals surface area contributed by atoms with Crippen LogP contribution >= 0.6 is 22.9 Å². The number of fused-ring (bicyclic) bond motifs is 1. The van der Waals surface area contributed by atoms with Crippen molar-refractivity contribution in [2.24, 2.45) is 0 Å². The molecule has 9 heteroatoms. The van der Waals surface area contributed by atoms with Crippen LogP contribution in [0.5, 0.6) is 0 Å². The molecule has 24 heavy (non-hydrogen) atoms. The van der Waals surface area contributed by atoms with Gasteiger partial charge in [0.05, 0.1) is 5.02 Å².